The van der Waals surface area contributed by atoms with Crippen LogP contribution in [0, 0.1) is 0 Å². The highest BCUT2D eigenvalue weighted by atomic mass is 16.3. The number of carbonyl (C=O) groups excluding carboxylic acids is 2. The first-order chi connectivity index (χ1) is 10.7. The van der Waals surface area contributed by atoms with Crippen molar-refractivity contribution >= 4 is 29.0 Å². The number of anilines is 1. The van der Waals surface area contributed by atoms with Crippen molar-refractivity contribution in [2.24, 2.45) is 0 Å². The second kappa shape index (κ2) is 5.10. The highest BCUT2D eigenvalue weighted by molar-refractivity contribution is 6.00. The molecule has 0 saturated carbocycles. The van der Waals surface area contributed by atoms with Crippen molar-refractivity contribution in [1.29, 1.82) is 0 Å². The van der Waals surface area contributed by atoms with Gasteiger partial charge in [-0.05, 0) is 25.3 Å². The van der Waals surface area contributed by atoms with Gasteiger partial charge in [0.15, 0.2) is 5.58 Å². The Morgan fingerprint density at radius 1 is 1.45 bits per heavy atom. The number of aromatic nitrogens is 1. The average molecular weight is 300 g/mol. The smallest absolute Gasteiger partial charge is 0.270 e. The van der Waals surface area contributed by atoms with E-state index in [-0.39, 0.29) is 11.9 Å². The van der Waals surface area contributed by atoms with Crippen LogP contribution in [0.2, 0.25) is 0 Å². The summed E-state index contributed by atoms with van der Waals surface area (Å²) in [4.78, 5) is 27.1. The Hall–Kier alpha value is -2.41. The van der Waals surface area contributed by atoms with E-state index in [1.54, 1.807) is 6.07 Å². The summed E-state index contributed by atoms with van der Waals surface area (Å²) >= 11 is 0. The molecule has 2 aliphatic rings. The molecule has 2 saturated heterocycles. The summed E-state index contributed by atoms with van der Waals surface area (Å²) in [5.41, 5.74) is 1.39. The van der Waals surface area contributed by atoms with Gasteiger partial charge in [-0.3, -0.25) is 9.59 Å². The van der Waals surface area contributed by atoms with Crippen LogP contribution in [0.5, 0.6) is 0 Å². The van der Waals surface area contributed by atoms with Gasteiger partial charge in [-0.15, -0.1) is 0 Å². The standard InChI is InChI=1S/C15H16N4O3/c20-7-17-13-6-22-14-5-16-12(4-9(13)14)15(21)19-11-3-8-1-2-10(11)18-8/h4-8,10-11,18H,1-3H2,(H,17,20)(H,19,21)/t8-,10+,11-/m1/s1. The fourth-order valence-electron chi connectivity index (χ4n) is 3.46. The number of pyridine rings is 1. The first kappa shape index (κ1) is 13.3. The Bertz CT molecular complexity index is 741. The zero-order valence-electron chi connectivity index (χ0n) is 11.8. The van der Waals surface area contributed by atoms with Gasteiger partial charge in [0.1, 0.15) is 12.0 Å². The predicted molar refractivity (Wildman–Crippen MR) is 79.5 cm³/mol. The number of amides is 2. The maximum atomic E-state index is 12.4. The molecule has 0 unspecified atom stereocenters. The lowest BCUT2D eigenvalue weighted by molar-refractivity contribution is -0.105. The largest absolute Gasteiger partial charge is 0.460 e. The fraction of sp³-hybridized carbons (Fsp3) is 0.400. The third-order valence-corrected chi connectivity index (χ3v) is 4.52. The molecule has 0 aliphatic carbocycles. The number of fused-ring (bicyclic) bond motifs is 3. The molecular weight excluding hydrogens is 284 g/mol. The summed E-state index contributed by atoms with van der Waals surface area (Å²) < 4.78 is 5.28. The SMILES string of the molecule is O=CNc1coc2cnc(C(=O)N[C@@H]3C[C@H]4CC[C@@H]3N4)cc12. The molecule has 3 N–H and O–H groups in total. The fourth-order valence-corrected chi connectivity index (χ4v) is 3.46. The average Bonchev–Trinajstić information content (AvgIpc) is 3.23. The Morgan fingerprint density at radius 2 is 2.36 bits per heavy atom. The van der Waals surface area contributed by atoms with E-state index in [0.717, 1.165) is 12.8 Å². The molecule has 0 radical (unpaired) electrons. The number of nitrogens with zero attached hydrogens (tertiary/aromatic N) is 1. The lowest BCUT2D eigenvalue weighted by Crippen LogP contribution is -2.43. The molecule has 2 amide bonds. The first-order valence-electron chi connectivity index (χ1n) is 7.39. The Morgan fingerprint density at radius 3 is 3.09 bits per heavy atom. The van der Waals surface area contributed by atoms with Gasteiger partial charge in [0.25, 0.3) is 5.91 Å². The zero-order valence-corrected chi connectivity index (χ0v) is 11.8. The Kier molecular flexibility index (Phi) is 3.07. The van der Waals surface area contributed by atoms with Crippen molar-refractivity contribution in [3.63, 3.8) is 0 Å². The van der Waals surface area contributed by atoms with Crippen LogP contribution < -0.4 is 16.0 Å². The normalized spacial score (nSPS) is 26.3. The van der Waals surface area contributed by atoms with Crippen LogP contribution in [-0.4, -0.2) is 35.4 Å². The van der Waals surface area contributed by atoms with Crippen molar-refractivity contribution in [3.8, 4) is 0 Å². The van der Waals surface area contributed by atoms with Gasteiger partial charge in [0.05, 0.1) is 11.9 Å². The number of hydrogen-bond donors (Lipinski definition) is 3. The highest BCUT2D eigenvalue weighted by Gasteiger charge is 2.39. The Balaban J connectivity index is 1.56. The molecule has 22 heavy (non-hydrogen) atoms. The number of rotatable bonds is 4. The number of nitrogens with one attached hydrogen (secondary N) is 3. The summed E-state index contributed by atoms with van der Waals surface area (Å²) in [6.07, 6.45) is 6.78. The molecule has 2 fully saturated rings. The summed E-state index contributed by atoms with van der Waals surface area (Å²) in [5, 5.41) is 9.75. The molecule has 2 aromatic rings. The van der Waals surface area contributed by atoms with Gasteiger partial charge in [-0.1, -0.05) is 0 Å². The van der Waals surface area contributed by atoms with Gasteiger partial charge >= 0.3 is 0 Å². The molecular formula is C15H16N4O3. The van der Waals surface area contributed by atoms with Gasteiger partial charge < -0.3 is 20.4 Å². The highest BCUT2D eigenvalue weighted by Crippen LogP contribution is 2.29. The second-order valence-electron chi connectivity index (χ2n) is 5.84. The van der Waals surface area contributed by atoms with E-state index in [9.17, 15) is 9.59 Å². The summed E-state index contributed by atoms with van der Waals surface area (Å²) in [6.45, 7) is 0. The van der Waals surface area contributed by atoms with Crippen LogP contribution in [0.1, 0.15) is 29.8 Å². The van der Waals surface area contributed by atoms with Crippen molar-refractivity contribution in [2.45, 2.75) is 37.4 Å². The van der Waals surface area contributed by atoms with Crippen LogP contribution in [-0.2, 0) is 4.79 Å². The van der Waals surface area contributed by atoms with E-state index in [4.69, 9.17) is 4.42 Å². The van der Waals surface area contributed by atoms with E-state index in [1.807, 2.05) is 0 Å². The maximum Gasteiger partial charge on any atom is 0.270 e. The molecule has 2 bridgehead atoms. The quantitative estimate of drug-likeness (QED) is 0.733. The minimum Gasteiger partial charge on any atom is -0.460 e. The molecule has 0 spiro atoms. The second-order valence-corrected chi connectivity index (χ2v) is 5.84. The Labute approximate surface area is 126 Å². The number of furan rings is 1. The monoisotopic (exact) mass is 300 g/mol. The zero-order chi connectivity index (χ0) is 15.1. The molecule has 2 aliphatic heterocycles. The van der Waals surface area contributed by atoms with Gasteiger partial charge in [-0.2, -0.15) is 0 Å². The molecule has 3 atom stereocenters. The van der Waals surface area contributed by atoms with Crippen molar-refractivity contribution in [3.05, 3.63) is 24.2 Å². The van der Waals surface area contributed by atoms with Crippen molar-refractivity contribution < 1.29 is 14.0 Å². The molecule has 7 nitrogen and oxygen atoms in total. The molecule has 114 valence electrons. The molecule has 2 aromatic heterocycles. The van der Waals surface area contributed by atoms with Gasteiger partial charge in [0.2, 0.25) is 6.41 Å². The van der Waals surface area contributed by atoms with Crippen LogP contribution in [0.25, 0.3) is 11.0 Å². The molecule has 4 rings (SSSR count). The number of carbonyl (C=O) groups is 2. The maximum absolute atomic E-state index is 12.4. The molecule has 0 aromatic carbocycles. The lowest BCUT2D eigenvalue weighted by Gasteiger charge is -2.21. The van der Waals surface area contributed by atoms with Crippen molar-refractivity contribution in [1.82, 2.24) is 15.6 Å². The van der Waals surface area contributed by atoms with Gasteiger partial charge in [-0.25, -0.2) is 4.98 Å². The third kappa shape index (κ3) is 2.14. The van der Waals surface area contributed by atoms with E-state index >= 15 is 0 Å². The molecule has 4 heterocycles. The van der Waals surface area contributed by atoms with Crippen LogP contribution in [0.3, 0.4) is 0 Å². The van der Waals surface area contributed by atoms with Gasteiger partial charge in [0, 0.05) is 23.5 Å². The number of hydrogen-bond acceptors (Lipinski definition) is 5. The molecule has 7 heteroatoms. The van der Waals surface area contributed by atoms with Crippen LogP contribution >= 0.6 is 0 Å². The van der Waals surface area contributed by atoms with E-state index in [1.165, 1.54) is 18.9 Å². The first-order valence-corrected chi connectivity index (χ1v) is 7.39. The van der Waals surface area contributed by atoms with Crippen LogP contribution in [0.4, 0.5) is 5.69 Å². The van der Waals surface area contributed by atoms with Crippen molar-refractivity contribution in [2.75, 3.05) is 5.32 Å². The topological polar surface area (TPSA) is 96.3 Å². The summed E-state index contributed by atoms with van der Waals surface area (Å²) in [6, 6.07) is 2.71. The predicted octanol–water partition coefficient (Wildman–Crippen LogP) is 1.02. The van der Waals surface area contributed by atoms with E-state index in [2.05, 4.69) is 20.9 Å². The van der Waals surface area contributed by atoms with E-state index in [0.29, 0.717) is 40.8 Å². The van der Waals surface area contributed by atoms with E-state index < -0.39 is 0 Å². The summed E-state index contributed by atoms with van der Waals surface area (Å²) in [7, 11) is 0. The minimum absolute atomic E-state index is 0.167. The minimum atomic E-state index is -0.195. The van der Waals surface area contributed by atoms with Crippen LogP contribution in [0.15, 0.2) is 22.9 Å². The summed E-state index contributed by atoms with van der Waals surface area (Å²) in [5.74, 6) is -0.195. The third-order valence-electron chi connectivity index (χ3n) is 4.52. The lowest BCUT2D eigenvalue weighted by atomic mass is 9.95.